The van der Waals surface area contributed by atoms with Gasteiger partial charge < -0.3 is 33.6 Å². The molecule has 0 amide bonds. The molecule has 0 spiro atoms. The molecule has 0 saturated carbocycles. The van der Waals surface area contributed by atoms with Crippen molar-refractivity contribution in [3.63, 3.8) is 0 Å². The minimum absolute atomic E-state index is 0.00860. The van der Waals surface area contributed by atoms with E-state index in [1.54, 1.807) is 0 Å². The average molecular weight is 337 g/mol. The van der Waals surface area contributed by atoms with E-state index >= 15 is 0 Å². The molecule has 11 heteroatoms. The molecule has 0 aromatic carbocycles. The summed E-state index contributed by atoms with van der Waals surface area (Å²) in [7, 11) is 0. The van der Waals surface area contributed by atoms with E-state index in [4.69, 9.17) is 23.7 Å². The monoisotopic (exact) mass is 337 g/mol. The Morgan fingerprint density at radius 1 is 1.35 bits per heavy atom. The van der Waals surface area contributed by atoms with Crippen molar-refractivity contribution < 1.29 is 43.5 Å². The predicted octanol–water partition coefficient (Wildman–Crippen LogP) is -0.720. The Kier molecular flexibility index (Phi) is 6.33. The van der Waals surface area contributed by atoms with Gasteiger partial charge in [0.05, 0.1) is 26.4 Å². The maximum atomic E-state index is 11.5. The van der Waals surface area contributed by atoms with E-state index in [0.29, 0.717) is 0 Å². The number of nitrogens with zero attached hydrogens (tertiary/aromatic N) is 1. The standard InChI is InChI=1S/C12H19NO10/c1-7(23-13(16)17)4-18-2-3-19-12(15)22-9-6-21-10-8(14)5-20-11(9)10/h7-11,14H,2-6H2,1H3/t7?,8-,9-,10-,11-/m1/s1. The fourth-order valence-electron chi connectivity index (χ4n) is 2.31. The molecule has 5 atom stereocenters. The summed E-state index contributed by atoms with van der Waals surface area (Å²) >= 11 is 0. The normalized spacial score (nSPS) is 30.5. The first kappa shape index (κ1) is 17.7. The van der Waals surface area contributed by atoms with Crippen LogP contribution in [-0.2, 0) is 28.5 Å². The maximum Gasteiger partial charge on any atom is 0.508 e. The van der Waals surface area contributed by atoms with Crippen molar-refractivity contribution in [3.8, 4) is 0 Å². The van der Waals surface area contributed by atoms with Crippen molar-refractivity contribution in [1.82, 2.24) is 0 Å². The average Bonchev–Trinajstić information content (AvgIpc) is 3.02. The van der Waals surface area contributed by atoms with Gasteiger partial charge in [0.1, 0.15) is 31.0 Å². The SMILES string of the molecule is CC(COCCOC(=O)O[C@@H]1CO[C@H]2[C@@H]1OC[C@H]2O)O[N+](=O)[O-]. The van der Waals surface area contributed by atoms with Gasteiger partial charge in [-0.25, -0.2) is 4.79 Å². The van der Waals surface area contributed by atoms with E-state index < -0.39 is 41.8 Å². The summed E-state index contributed by atoms with van der Waals surface area (Å²) in [6, 6.07) is 0. The Labute approximate surface area is 131 Å². The molecular weight excluding hydrogens is 318 g/mol. The Hall–Kier alpha value is -1.69. The highest BCUT2D eigenvalue weighted by Gasteiger charge is 2.49. The highest BCUT2D eigenvalue weighted by atomic mass is 17.0. The van der Waals surface area contributed by atoms with Gasteiger partial charge in [-0.2, -0.15) is 0 Å². The van der Waals surface area contributed by atoms with Crippen LogP contribution < -0.4 is 0 Å². The van der Waals surface area contributed by atoms with Crippen molar-refractivity contribution in [2.45, 2.75) is 37.4 Å². The second-order valence-corrected chi connectivity index (χ2v) is 5.13. The molecular formula is C12H19NO10. The van der Waals surface area contributed by atoms with Crippen LogP contribution in [-0.4, -0.2) is 79.9 Å². The molecule has 11 nitrogen and oxygen atoms in total. The minimum atomic E-state index is -0.902. The maximum absolute atomic E-state index is 11.5. The Morgan fingerprint density at radius 2 is 2.09 bits per heavy atom. The van der Waals surface area contributed by atoms with E-state index in [-0.39, 0.29) is 33.0 Å². The van der Waals surface area contributed by atoms with Gasteiger partial charge >= 0.3 is 6.16 Å². The third kappa shape index (κ3) is 5.16. The van der Waals surface area contributed by atoms with Gasteiger partial charge in [0.25, 0.3) is 5.09 Å². The molecule has 2 aliphatic rings. The molecule has 23 heavy (non-hydrogen) atoms. The molecule has 0 aromatic heterocycles. The number of hydrogen-bond donors (Lipinski definition) is 1. The van der Waals surface area contributed by atoms with Crippen molar-refractivity contribution in [2.75, 3.05) is 33.0 Å². The Balaban J connectivity index is 1.55. The van der Waals surface area contributed by atoms with E-state index in [2.05, 4.69) is 4.84 Å². The van der Waals surface area contributed by atoms with Crippen LogP contribution in [0, 0.1) is 10.1 Å². The number of ether oxygens (including phenoxy) is 5. The first-order valence-electron chi connectivity index (χ1n) is 7.11. The van der Waals surface area contributed by atoms with Gasteiger partial charge in [0.2, 0.25) is 0 Å². The lowest BCUT2D eigenvalue weighted by Gasteiger charge is -2.16. The molecule has 0 radical (unpaired) electrons. The van der Waals surface area contributed by atoms with E-state index in [0.717, 1.165) is 0 Å². The summed E-state index contributed by atoms with van der Waals surface area (Å²) in [4.78, 5) is 25.8. The summed E-state index contributed by atoms with van der Waals surface area (Å²) in [6.45, 7) is 1.71. The van der Waals surface area contributed by atoms with Crippen molar-refractivity contribution >= 4 is 6.16 Å². The molecule has 2 aliphatic heterocycles. The molecule has 0 aliphatic carbocycles. The van der Waals surface area contributed by atoms with Crippen LogP contribution >= 0.6 is 0 Å². The van der Waals surface area contributed by atoms with Crippen molar-refractivity contribution in [3.05, 3.63) is 10.1 Å². The van der Waals surface area contributed by atoms with E-state index in [1.165, 1.54) is 6.92 Å². The number of rotatable bonds is 8. The molecule has 0 bridgehead atoms. The molecule has 2 rings (SSSR count). The highest BCUT2D eigenvalue weighted by Crippen LogP contribution is 2.28. The second kappa shape index (κ2) is 8.24. The zero-order chi connectivity index (χ0) is 16.8. The topological polar surface area (TPSA) is 136 Å². The smallest absolute Gasteiger partial charge is 0.432 e. The highest BCUT2D eigenvalue weighted by molar-refractivity contribution is 5.60. The van der Waals surface area contributed by atoms with Gasteiger partial charge in [0.15, 0.2) is 6.10 Å². The summed E-state index contributed by atoms with van der Waals surface area (Å²) in [5.41, 5.74) is 0. The molecule has 2 saturated heterocycles. The summed E-state index contributed by atoms with van der Waals surface area (Å²) in [5.74, 6) is 0. The van der Waals surface area contributed by atoms with Gasteiger partial charge in [0, 0.05) is 0 Å². The van der Waals surface area contributed by atoms with Gasteiger partial charge in [-0.1, -0.05) is 0 Å². The first-order chi connectivity index (χ1) is 11.0. The summed E-state index contributed by atoms with van der Waals surface area (Å²) in [6.07, 6.45) is -3.94. The minimum Gasteiger partial charge on any atom is -0.432 e. The van der Waals surface area contributed by atoms with Crippen LogP contribution in [0.15, 0.2) is 0 Å². The second-order valence-electron chi connectivity index (χ2n) is 5.13. The summed E-state index contributed by atoms with van der Waals surface area (Å²) < 4.78 is 25.5. The third-order valence-corrected chi connectivity index (χ3v) is 3.30. The lowest BCUT2D eigenvalue weighted by atomic mass is 10.1. The van der Waals surface area contributed by atoms with Gasteiger partial charge in [-0.15, -0.1) is 10.1 Å². The molecule has 132 valence electrons. The third-order valence-electron chi connectivity index (χ3n) is 3.30. The number of aliphatic hydroxyl groups excluding tert-OH is 1. The van der Waals surface area contributed by atoms with Crippen LogP contribution in [0.3, 0.4) is 0 Å². The molecule has 2 heterocycles. The van der Waals surface area contributed by atoms with Crippen LogP contribution in [0.2, 0.25) is 0 Å². The van der Waals surface area contributed by atoms with Crippen LogP contribution in [0.5, 0.6) is 0 Å². The molecule has 1 unspecified atom stereocenters. The number of hydrogen-bond acceptors (Lipinski definition) is 10. The van der Waals surface area contributed by atoms with Crippen LogP contribution in [0.25, 0.3) is 0 Å². The molecule has 1 N–H and O–H groups in total. The Bertz CT molecular complexity index is 419. The van der Waals surface area contributed by atoms with Crippen molar-refractivity contribution in [1.29, 1.82) is 0 Å². The molecule has 2 fully saturated rings. The van der Waals surface area contributed by atoms with E-state index in [9.17, 15) is 20.0 Å². The fraction of sp³-hybridized carbons (Fsp3) is 0.917. The largest absolute Gasteiger partial charge is 0.508 e. The van der Waals surface area contributed by atoms with Crippen LogP contribution in [0.4, 0.5) is 4.79 Å². The van der Waals surface area contributed by atoms with E-state index in [1.807, 2.05) is 0 Å². The lowest BCUT2D eigenvalue weighted by molar-refractivity contribution is -0.768. The number of fused-ring (bicyclic) bond motifs is 1. The van der Waals surface area contributed by atoms with Gasteiger partial charge in [-0.3, -0.25) is 0 Å². The number of carbonyl (C=O) groups is 1. The summed E-state index contributed by atoms with van der Waals surface area (Å²) in [5, 5.41) is 18.7. The quantitative estimate of drug-likeness (QED) is 0.261. The molecule has 0 aromatic rings. The first-order valence-corrected chi connectivity index (χ1v) is 7.11. The zero-order valence-electron chi connectivity index (χ0n) is 12.5. The zero-order valence-corrected chi connectivity index (χ0v) is 12.5. The number of carbonyl (C=O) groups excluding carboxylic acids is 1. The van der Waals surface area contributed by atoms with Gasteiger partial charge in [-0.05, 0) is 6.92 Å². The fourth-order valence-corrected chi connectivity index (χ4v) is 2.31. The lowest BCUT2D eigenvalue weighted by Crippen LogP contribution is -2.34. The van der Waals surface area contributed by atoms with Crippen molar-refractivity contribution in [2.24, 2.45) is 0 Å². The van der Waals surface area contributed by atoms with Crippen LogP contribution in [0.1, 0.15) is 6.92 Å². The predicted molar refractivity (Wildman–Crippen MR) is 70.1 cm³/mol. The number of aliphatic hydroxyl groups is 1. The Morgan fingerprint density at radius 3 is 2.83 bits per heavy atom.